The van der Waals surface area contributed by atoms with Gasteiger partial charge in [-0.05, 0) is 80.2 Å². The summed E-state index contributed by atoms with van der Waals surface area (Å²) >= 11 is 5.89. The molecule has 42 heavy (non-hydrogen) atoms. The highest BCUT2D eigenvalue weighted by Gasteiger charge is 2.42. The Labute approximate surface area is 248 Å². The van der Waals surface area contributed by atoms with E-state index in [-0.39, 0.29) is 23.7 Å². The molecule has 12 heteroatoms. The van der Waals surface area contributed by atoms with E-state index in [1.54, 1.807) is 24.4 Å². The first-order chi connectivity index (χ1) is 20.1. The van der Waals surface area contributed by atoms with Crippen molar-refractivity contribution >= 4 is 40.3 Å². The van der Waals surface area contributed by atoms with Gasteiger partial charge in [-0.25, -0.2) is 0 Å². The van der Waals surface area contributed by atoms with Crippen LogP contribution in [0.3, 0.4) is 0 Å². The molecule has 1 fully saturated rings. The number of thiocarbonyl (C=S) groups is 1. The first kappa shape index (κ1) is 28.6. The van der Waals surface area contributed by atoms with Crippen molar-refractivity contribution in [1.82, 2.24) is 14.9 Å². The van der Waals surface area contributed by atoms with Crippen molar-refractivity contribution in [3.05, 3.63) is 99.6 Å². The van der Waals surface area contributed by atoms with Crippen molar-refractivity contribution < 1.29 is 19.2 Å². The van der Waals surface area contributed by atoms with Gasteiger partial charge in [0.1, 0.15) is 17.2 Å². The lowest BCUT2D eigenvalue weighted by Crippen LogP contribution is -2.29. The third kappa shape index (κ3) is 5.12. The van der Waals surface area contributed by atoms with Crippen LogP contribution >= 0.6 is 12.2 Å². The van der Waals surface area contributed by atoms with Gasteiger partial charge < -0.3 is 29.6 Å². The molecule has 0 aliphatic carbocycles. The van der Waals surface area contributed by atoms with E-state index in [4.69, 9.17) is 21.7 Å². The predicted molar refractivity (Wildman–Crippen MR) is 164 cm³/mol. The highest BCUT2D eigenvalue weighted by atomic mass is 32.1. The lowest BCUT2D eigenvalue weighted by molar-refractivity contribution is -0.384. The average molecular weight is 587 g/mol. The number of carbonyl (C=O) groups excluding carboxylic acids is 1. The Bertz CT molecular complexity index is 1690. The number of anilines is 2. The Kier molecular flexibility index (Phi) is 7.81. The zero-order chi connectivity index (χ0) is 30.1. The van der Waals surface area contributed by atoms with Crippen LogP contribution in [-0.2, 0) is 4.79 Å². The molecular weight excluding hydrogens is 556 g/mol. The summed E-state index contributed by atoms with van der Waals surface area (Å²) in [6.07, 6.45) is 1.73. The molecule has 2 aromatic carbocycles. The molecule has 2 aromatic heterocycles. The van der Waals surface area contributed by atoms with Crippen LogP contribution in [0.2, 0.25) is 0 Å². The van der Waals surface area contributed by atoms with Crippen molar-refractivity contribution in [2.45, 2.75) is 32.9 Å². The summed E-state index contributed by atoms with van der Waals surface area (Å²) in [5.41, 5.74) is 4.87. The van der Waals surface area contributed by atoms with Crippen molar-refractivity contribution in [1.29, 1.82) is 0 Å². The Balaban J connectivity index is 1.70. The normalized spacial score (nSPS) is 16.2. The van der Waals surface area contributed by atoms with E-state index in [0.717, 1.165) is 28.3 Å². The first-order valence-electron chi connectivity index (χ1n) is 13.1. The van der Waals surface area contributed by atoms with Gasteiger partial charge in [-0.2, -0.15) is 0 Å². The van der Waals surface area contributed by atoms with Crippen LogP contribution in [0.25, 0.3) is 5.69 Å². The number of methoxy groups -OCH3 is 2. The fraction of sp³-hybridized carbons (Fsp3) is 0.233. The maximum Gasteiger partial charge on any atom is 0.296 e. The quantitative estimate of drug-likeness (QED) is 0.155. The van der Waals surface area contributed by atoms with Crippen LogP contribution in [0.5, 0.6) is 11.5 Å². The number of benzene rings is 2. The number of rotatable bonds is 8. The van der Waals surface area contributed by atoms with E-state index >= 15 is 0 Å². The molecule has 0 spiro atoms. The monoisotopic (exact) mass is 586 g/mol. The number of hydrogen-bond acceptors (Lipinski definition) is 7. The molecule has 0 bridgehead atoms. The van der Waals surface area contributed by atoms with Gasteiger partial charge in [-0.15, -0.1) is 0 Å². The van der Waals surface area contributed by atoms with Crippen LogP contribution in [-0.4, -0.2) is 39.7 Å². The molecular formula is C30H30N6O5S. The third-order valence-corrected chi connectivity index (χ3v) is 7.59. The van der Waals surface area contributed by atoms with Gasteiger partial charge in [0.2, 0.25) is 5.91 Å². The van der Waals surface area contributed by atoms with Crippen molar-refractivity contribution in [2.75, 3.05) is 24.4 Å². The SMILES string of the molecule is COc1ccc(-n2c(C)cc(C3C(c4ccccn4)NC(=S)N3c3ccc(OC)c(NC(C)=O)c3)c2C)c([N+](=O)[O-])c1. The fourth-order valence-electron chi connectivity index (χ4n) is 5.51. The van der Waals surface area contributed by atoms with E-state index in [1.807, 2.05) is 59.7 Å². The van der Waals surface area contributed by atoms with Crippen LogP contribution in [0.15, 0.2) is 66.9 Å². The lowest BCUT2D eigenvalue weighted by Gasteiger charge is -2.29. The number of nitrogens with zero attached hydrogens (tertiary/aromatic N) is 4. The second kappa shape index (κ2) is 11.5. The van der Waals surface area contributed by atoms with Crippen molar-refractivity contribution in [3.63, 3.8) is 0 Å². The second-order valence-corrected chi connectivity index (χ2v) is 10.2. The van der Waals surface area contributed by atoms with Gasteiger partial charge >= 0.3 is 0 Å². The molecule has 216 valence electrons. The maximum absolute atomic E-state index is 12.1. The molecule has 0 saturated carbocycles. The highest BCUT2D eigenvalue weighted by Crippen LogP contribution is 2.45. The molecule has 1 saturated heterocycles. The van der Waals surface area contributed by atoms with Crippen molar-refractivity contribution in [3.8, 4) is 17.2 Å². The Morgan fingerprint density at radius 3 is 2.52 bits per heavy atom. The number of pyridine rings is 1. The molecule has 2 atom stereocenters. The fourth-order valence-corrected chi connectivity index (χ4v) is 5.85. The minimum atomic E-state index is -0.410. The molecule has 1 aliphatic rings. The van der Waals surface area contributed by atoms with Gasteiger partial charge in [-0.3, -0.25) is 19.9 Å². The van der Waals surface area contributed by atoms with Gasteiger partial charge in [0, 0.05) is 30.2 Å². The summed E-state index contributed by atoms with van der Waals surface area (Å²) in [5.74, 6) is 0.671. The summed E-state index contributed by atoms with van der Waals surface area (Å²) in [6, 6.07) is 17.3. The Hall–Kier alpha value is -4.97. The van der Waals surface area contributed by atoms with Gasteiger partial charge in [0.25, 0.3) is 5.69 Å². The minimum absolute atomic E-state index is 0.0731. The van der Waals surface area contributed by atoms with E-state index < -0.39 is 4.92 Å². The third-order valence-electron chi connectivity index (χ3n) is 7.28. The maximum atomic E-state index is 12.1. The summed E-state index contributed by atoms with van der Waals surface area (Å²) < 4.78 is 12.6. The number of carbonyl (C=O) groups is 1. The second-order valence-electron chi connectivity index (χ2n) is 9.84. The smallest absolute Gasteiger partial charge is 0.296 e. The first-order valence-corrected chi connectivity index (χ1v) is 13.5. The number of hydrogen-bond donors (Lipinski definition) is 2. The van der Waals surface area contributed by atoms with E-state index in [2.05, 4.69) is 15.6 Å². The highest BCUT2D eigenvalue weighted by molar-refractivity contribution is 7.80. The standard InChI is InChI=1S/C30H30N6O5S/c1-17-14-22(18(2)34(17)25-11-10-21(40-4)16-26(25)36(38)39)29-28(23-8-6-7-13-31-23)33-30(42)35(29)20-9-12-27(41-5)24(15-20)32-19(3)37/h6-16,28-29H,1-5H3,(H,32,37)(H,33,42). The zero-order valence-electron chi connectivity index (χ0n) is 23.7. The number of amides is 1. The van der Waals surface area contributed by atoms with Crippen LogP contribution in [0, 0.1) is 24.0 Å². The minimum Gasteiger partial charge on any atom is -0.496 e. The summed E-state index contributed by atoms with van der Waals surface area (Å²) in [5, 5.41) is 18.8. The zero-order valence-corrected chi connectivity index (χ0v) is 24.6. The Morgan fingerprint density at radius 1 is 1.10 bits per heavy atom. The number of aromatic nitrogens is 2. The van der Waals surface area contributed by atoms with Crippen LogP contribution < -0.4 is 25.0 Å². The number of nitro benzene ring substituents is 1. The number of aryl methyl sites for hydroxylation is 1. The molecule has 2 N–H and O–H groups in total. The molecule has 1 aliphatic heterocycles. The number of nitrogens with one attached hydrogen (secondary N) is 2. The topological polar surface area (TPSA) is 124 Å². The summed E-state index contributed by atoms with van der Waals surface area (Å²) in [6.45, 7) is 5.27. The number of nitro groups is 1. The van der Waals surface area contributed by atoms with E-state index in [1.165, 1.54) is 27.2 Å². The summed E-state index contributed by atoms with van der Waals surface area (Å²) in [7, 11) is 3.01. The molecule has 5 rings (SSSR count). The van der Waals surface area contributed by atoms with E-state index in [0.29, 0.717) is 28.0 Å². The molecule has 11 nitrogen and oxygen atoms in total. The van der Waals surface area contributed by atoms with Crippen LogP contribution in [0.1, 0.15) is 41.7 Å². The van der Waals surface area contributed by atoms with Gasteiger partial charge in [0.05, 0.1) is 48.7 Å². The largest absolute Gasteiger partial charge is 0.496 e. The van der Waals surface area contributed by atoms with Crippen molar-refractivity contribution in [2.24, 2.45) is 0 Å². The molecule has 0 radical (unpaired) electrons. The molecule has 1 amide bonds. The lowest BCUT2D eigenvalue weighted by atomic mass is 9.96. The average Bonchev–Trinajstić information content (AvgIpc) is 3.47. The van der Waals surface area contributed by atoms with E-state index in [9.17, 15) is 14.9 Å². The van der Waals surface area contributed by atoms with Crippen LogP contribution in [0.4, 0.5) is 17.1 Å². The number of ether oxygens (including phenoxy) is 2. The predicted octanol–water partition coefficient (Wildman–Crippen LogP) is 5.55. The Morgan fingerprint density at radius 2 is 1.88 bits per heavy atom. The molecule has 3 heterocycles. The molecule has 4 aromatic rings. The van der Waals surface area contributed by atoms with Gasteiger partial charge in [-0.1, -0.05) is 6.07 Å². The molecule has 2 unspecified atom stereocenters. The van der Waals surface area contributed by atoms with Gasteiger partial charge in [0.15, 0.2) is 5.11 Å². The summed E-state index contributed by atoms with van der Waals surface area (Å²) in [4.78, 5) is 30.2.